The average Bonchev–Trinajstić information content (AvgIpc) is 2.83. The van der Waals surface area contributed by atoms with E-state index in [1.807, 2.05) is 18.5 Å². The van der Waals surface area contributed by atoms with Crippen LogP contribution in [0.25, 0.3) is 11.4 Å². The molecule has 5 nitrogen and oxygen atoms in total. The monoisotopic (exact) mass is 272 g/mol. The third kappa shape index (κ3) is 2.67. The van der Waals surface area contributed by atoms with E-state index in [2.05, 4.69) is 39.8 Å². The summed E-state index contributed by atoms with van der Waals surface area (Å²) in [6.45, 7) is 2.86. The summed E-state index contributed by atoms with van der Waals surface area (Å²) in [5.41, 5.74) is 2.23. The van der Waals surface area contributed by atoms with Crippen LogP contribution >= 0.6 is 0 Å². The number of nitrogens with one attached hydrogen (secondary N) is 1. The highest BCUT2D eigenvalue weighted by atomic mass is 16.5. The first-order valence-corrected chi connectivity index (χ1v) is 7.09. The smallest absolute Gasteiger partial charge is 0.163 e. The lowest BCUT2D eigenvalue weighted by atomic mass is 9.89. The fourth-order valence-corrected chi connectivity index (χ4v) is 2.55. The van der Waals surface area contributed by atoms with Crippen LogP contribution in [0.15, 0.2) is 30.6 Å². The Labute approximate surface area is 119 Å². The maximum atomic E-state index is 5.57. The van der Waals surface area contributed by atoms with Crippen LogP contribution in [-0.2, 0) is 11.8 Å². The molecule has 1 aliphatic carbocycles. The molecule has 0 amide bonds. The lowest BCUT2D eigenvalue weighted by Gasteiger charge is -2.36. The third-order valence-corrected chi connectivity index (χ3v) is 3.72. The Bertz CT molecular complexity index is 558. The van der Waals surface area contributed by atoms with Gasteiger partial charge in [-0.1, -0.05) is 0 Å². The number of aryl methyl sites for hydroxylation is 1. The first kappa shape index (κ1) is 13.1. The SMILES string of the molecule is CCOC1CC(Nc2ccc(-c3nncn3C)cc2)C1. The fourth-order valence-electron chi connectivity index (χ4n) is 2.55. The maximum Gasteiger partial charge on any atom is 0.163 e. The lowest BCUT2D eigenvalue weighted by molar-refractivity contribution is 0.00299. The van der Waals surface area contributed by atoms with Crippen LogP contribution in [0.1, 0.15) is 19.8 Å². The van der Waals surface area contributed by atoms with Crippen LogP contribution < -0.4 is 5.32 Å². The predicted molar refractivity (Wildman–Crippen MR) is 78.5 cm³/mol. The lowest BCUT2D eigenvalue weighted by Crippen LogP contribution is -2.40. The summed E-state index contributed by atoms with van der Waals surface area (Å²) >= 11 is 0. The summed E-state index contributed by atoms with van der Waals surface area (Å²) in [5, 5.41) is 11.5. The molecule has 1 aliphatic rings. The van der Waals surface area contributed by atoms with Gasteiger partial charge < -0.3 is 14.6 Å². The maximum absolute atomic E-state index is 5.57. The highest BCUT2D eigenvalue weighted by Gasteiger charge is 2.29. The van der Waals surface area contributed by atoms with Gasteiger partial charge in [0.05, 0.1) is 6.10 Å². The zero-order valence-electron chi connectivity index (χ0n) is 11.9. The zero-order valence-corrected chi connectivity index (χ0v) is 11.9. The van der Waals surface area contributed by atoms with Gasteiger partial charge >= 0.3 is 0 Å². The van der Waals surface area contributed by atoms with Crippen molar-refractivity contribution in [3.63, 3.8) is 0 Å². The van der Waals surface area contributed by atoms with Gasteiger partial charge in [0, 0.05) is 30.9 Å². The molecule has 1 heterocycles. The molecule has 0 spiro atoms. The van der Waals surface area contributed by atoms with Crippen molar-refractivity contribution in [2.75, 3.05) is 11.9 Å². The number of aromatic nitrogens is 3. The number of rotatable bonds is 5. The van der Waals surface area contributed by atoms with E-state index in [9.17, 15) is 0 Å². The summed E-state index contributed by atoms with van der Waals surface area (Å²) in [4.78, 5) is 0. The Morgan fingerprint density at radius 2 is 2.05 bits per heavy atom. The molecule has 1 saturated carbocycles. The van der Waals surface area contributed by atoms with Crippen LogP contribution in [0.5, 0.6) is 0 Å². The van der Waals surface area contributed by atoms with Crippen molar-refractivity contribution in [1.82, 2.24) is 14.8 Å². The Morgan fingerprint density at radius 1 is 1.30 bits per heavy atom. The molecular weight excluding hydrogens is 252 g/mol. The van der Waals surface area contributed by atoms with Crippen molar-refractivity contribution in [2.24, 2.45) is 7.05 Å². The minimum atomic E-state index is 0.440. The molecule has 106 valence electrons. The average molecular weight is 272 g/mol. The zero-order chi connectivity index (χ0) is 13.9. The molecule has 0 saturated heterocycles. The molecule has 1 aromatic heterocycles. The number of anilines is 1. The van der Waals surface area contributed by atoms with Gasteiger partial charge in [-0.05, 0) is 44.0 Å². The molecule has 20 heavy (non-hydrogen) atoms. The highest BCUT2D eigenvalue weighted by molar-refractivity contribution is 5.60. The van der Waals surface area contributed by atoms with Gasteiger partial charge in [-0.15, -0.1) is 10.2 Å². The van der Waals surface area contributed by atoms with Gasteiger partial charge in [0.15, 0.2) is 5.82 Å². The van der Waals surface area contributed by atoms with Gasteiger partial charge in [0.25, 0.3) is 0 Å². The normalized spacial score (nSPS) is 21.5. The molecule has 0 unspecified atom stereocenters. The van der Waals surface area contributed by atoms with Crippen LogP contribution in [0.2, 0.25) is 0 Å². The van der Waals surface area contributed by atoms with Crippen molar-refractivity contribution in [2.45, 2.75) is 31.9 Å². The van der Waals surface area contributed by atoms with E-state index >= 15 is 0 Å². The van der Waals surface area contributed by atoms with E-state index in [0.717, 1.165) is 36.5 Å². The Hall–Kier alpha value is -1.88. The molecule has 1 N–H and O–H groups in total. The van der Waals surface area contributed by atoms with Gasteiger partial charge in [-0.25, -0.2) is 0 Å². The van der Waals surface area contributed by atoms with Crippen molar-refractivity contribution in [3.8, 4) is 11.4 Å². The summed E-state index contributed by atoms with van der Waals surface area (Å²) in [6, 6.07) is 8.87. The summed E-state index contributed by atoms with van der Waals surface area (Å²) in [7, 11) is 1.95. The van der Waals surface area contributed by atoms with Crippen molar-refractivity contribution in [3.05, 3.63) is 30.6 Å². The second-order valence-corrected chi connectivity index (χ2v) is 5.23. The second kappa shape index (κ2) is 5.63. The van der Waals surface area contributed by atoms with Crippen molar-refractivity contribution >= 4 is 5.69 Å². The number of nitrogens with zero attached hydrogens (tertiary/aromatic N) is 3. The van der Waals surface area contributed by atoms with Crippen LogP contribution in [0.3, 0.4) is 0 Å². The molecule has 0 aliphatic heterocycles. The molecule has 1 aromatic carbocycles. The first-order valence-electron chi connectivity index (χ1n) is 7.09. The number of hydrogen-bond donors (Lipinski definition) is 1. The minimum Gasteiger partial charge on any atom is -0.382 e. The van der Waals surface area contributed by atoms with Gasteiger partial charge in [-0.3, -0.25) is 0 Å². The molecule has 1 fully saturated rings. The molecule has 0 radical (unpaired) electrons. The summed E-state index contributed by atoms with van der Waals surface area (Å²) in [5.74, 6) is 0.886. The second-order valence-electron chi connectivity index (χ2n) is 5.23. The quantitative estimate of drug-likeness (QED) is 0.908. The molecule has 2 aromatic rings. The van der Waals surface area contributed by atoms with E-state index in [1.165, 1.54) is 0 Å². The molecule has 0 bridgehead atoms. The van der Waals surface area contributed by atoms with Crippen LogP contribution in [-0.4, -0.2) is 33.5 Å². The van der Waals surface area contributed by atoms with Crippen LogP contribution in [0.4, 0.5) is 5.69 Å². The Morgan fingerprint density at radius 3 is 2.65 bits per heavy atom. The van der Waals surface area contributed by atoms with Crippen LogP contribution in [0, 0.1) is 0 Å². The number of ether oxygens (including phenoxy) is 1. The number of hydrogen-bond acceptors (Lipinski definition) is 4. The summed E-state index contributed by atoms with van der Waals surface area (Å²) < 4.78 is 7.49. The van der Waals surface area contributed by atoms with E-state index in [0.29, 0.717) is 12.1 Å². The molecular formula is C15H20N4O. The van der Waals surface area contributed by atoms with E-state index in [1.54, 1.807) is 6.33 Å². The fraction of sp³-hybridized carbons (Fsp3) is 0.467. The predicted octanol–water partition coefficient (Wildman–Crippen LogP) is 2.46. The van der Waals surface area contributed by atoms with E-state index < -0.39 is 0 Å². The molecule has 3 rings (SSSR count). The van der Waals surface area contributed by atoms with E-state index in [4.69, 9.17) is 4.74 Å². The number of benzene rings is 1. The van der Waals surface area contributed by atoms with Gasteiger partial charge in [-0.2, -0.15) is 0 Å². The van der Waals surface area contributed by atoms with Crippen molar-refractivity contribution in [1.29, 1.82) is 0 Å². The highest BCUT2D eigenvalue weighted by Crippen LogP contribution is 2.27. The molecule has 0 atom stereocenters. The third-order valence-electron chi connectivity index (χ3n) is 3.72. The van der Waals surface area contributed by atoms with E-state index in [-0.39, 0.29) is 0 Å². The Kier molecular flexibility index (Phi) is 3.69. The largest absolute Gasteiger partial charge is 0.382 e. The topological polar surface area (TPSA) is 52.0 Å². The first-order chi connectivity index (χ1) is 9.76. The Balaban J connectivity index is 1.59. The standard InChI is InChI=1S/C15H20N4O/c1-3-20-14-8-13(9-14)17-12-6-4-11(5-7-12)15-18-16-10-19(15)2/h4-7,10,13-14,17H,3,8-9H2,1-2H3. The minimum absolute atomic E-state index is 0.440. The van der Waals surface area contributed by atoms with Crippen molar-refractivity contribution < 1.29 is 4.74 Å². The summed E-state index contributed by atoms with van der Waals surface area (Å²) in [6.07, 6.45) is 4.34. The van der Waals surface area contributed by atoms with Gasteiger partial charge in [0.2, 0.25) is 0 Å². The van der Waals surface area contributed by atoms with Gasteiger partial charge in [0.1, 0.15) is 6.33 Å². The molecule has 5 heteroatoms.